The normalized spacial score (nSPS) is 10.4. The monoisotopic (exact) mass is 395 g/mol. The van der Waals surface area contributed by atoms with Gasteiger partial charge in [-0.2, -0.15) is 0 Å². The Morgan fingerprint density at radius 1 is 1.32 bits per heavy atom. The quantitative estimate of drug-likeness (QED) is 0.575. The molecule has 0 aliphatic rings. The number of hydrogen-bond acceptors (Lipinski definition) is 5. The Morgan fingerprint density at radius 2 is 2.18 bits per heavy atom. The Bertz CT molecular complexity index is 970. The SMILES string of the molecule is C[B]n1ccc(C(=O)NCC(=O)Nc2nc(-c3cccc(OCC)c3)cs2)c1. The van der Waals surface area contributed by atoms with Crippen molar-refractivity contribution in [1.29, 1.82) is 0 Å². The van der Waals surface area contributed by atoms with Crippen molar-refractivity contribution in [3.8, 4) is 17.0 Å². The highest BCUT2D eigenvalue weighted by Gasteiger charge is 2.12. The van der Waals surface area contributed by atoms with Gasteiger partial charge in [0.05, 0.1) is 24.4 Å². The van der Waals surface area contributed by atoms with E-state index in [1.54, 1.807) is 22.9 Å². The zero-order chi connectivity index (χ0) is 19.9. The molecule has 2 N–H and O–H groups in total. The first kappa shape index (κ1) is 19.7. The van der Waals surface area contributed by atoms with Gasteiger partial charge < -0.3 is 19.8 Å². The van der Waals surface area contributed by atoms with E-state index in [4.69, 9.17) is 4.74 Å². The van der Waals surface area contributed by atoms with Gasteiger partial charge in [0.2, 0.25) is 13.3 Å². The van der Waals surface area contributed by atoms with Crippen LogP contribution in [0.25, 0.3) is 11.3 Å². The molecule has 28 heavy (non-hydrogen) atoms. The summed E-state index contributed by atoms with van der Waals surface area (Å²) in [7, 11) is 1.83. The minimum Gasteiger partial charge on any atom is -0.494 e. The molecule has 0 bridgehead atoms. The number of thiazole rings is 1. The van der Waals surface area contributed by atoms with Gasteiger partial charge in [-0.1, -0.05) is 19.0 Å². The van der Waals surface area contributed by atoms with Crippen LogP contribution in [0, 0.1) is 0 Å². The third kappa shape index (κ3) is 5.01. The third-order valence-corrected chi connectivity index (χ3v) is 4.63. The number of anilines is 1. The highest BCUT2D eigenvalue weighted by atomic mass is 32.1. The number of benzene rings is 1. The first-order chi connectivity index (χ1) is 13.6. The maximum Gasteiger partial charge on any atom is 0.253 e. The van der Waals surface area contributed by atoms with Gasteiger partial charge in [0, 0.05) is 17.1 Å². The summed E-state index contributed by atoms with van der Waals surface area (Å²) >= 11 is 1.32. The maximum atomic E-state index is 12.1. The van der Waals surface area contributed by atoms with Crippen LogP contribution in [0.1, 0.15) is 17.3 Å². The molecule has 0 saturated heterocycles. The van der Waals surface area contributed by atoms with Crippen LogP contribution < -0.4 is 15.4 Å². The van der Waals surface area contributed by atoms with Gasteiger partial charge in [0.15, 0.2) is 5.13 Å². The van der Waals surface area contributed by atoms with Gasteiger partial charge >= 0.3 is 0 Å². The van der Waals surface area contributed by atoms with Crippen LogP contribution in [0.4, 0.5) is 5.13 Å². The first-order valence-electron chi connectivity index (χ1n) is 8.82. The molecule has 2 aromatic heterocycles. The minimum absolute atomic E-state index is 0.130. The van der Waals surface area contributed by atoms with Crippen molar-refractivity contribution < 1.29 is 14.3 Å². The summed E-state index contributed by atoms with van der Waals surface area (Å²) in [6, 6.07) is 9.32. The zero-order valence-electron chi connectivity index (χ0n) is 15.6. The minimum atomic E-state index is -0.334. The van der Waals surface area contributed by atoms with Crippen molar-refractivity contribution in [3.63, 3.8) is 0 Å². The number of aromatic nitrogens is 2. The Hall–Kier alpha value is -3.07. The molecule has 0 aliphatic carbocycles. The molecule has 1 aromatic carbocycles. The van der Waals surface area contributed by atoms with E-state index in [0.29, 0.717) is 17.3 Å². The largest absolute Gasteiger partial charge is 0.494 e. The molecule has 2 amide bonds. The van der Waals surface area contributed by atoms with E-state index >= 15 is 0 Å². The molecule has 0 unspecified atom stereocenters. The summed E-state index contributed by atoms with van der Waals surface area (Å²) in [5.74, 6) is 0.137. The average molecular weight is 395 g/mol. The van der Waals surface area contributed by atoms with Crippen LogP contribution in [-0.2, 0) is 4.79 Å². The fourth-order valence-electron chi connectivity index (χ4n) is 2.51. The van der Waals surface area contributed by atoms with E-state index in [-0.39, 0.29) is 18.4 Å². The number of rotatable bonds is 8. The number of carbonyl (C=O) groups is 2. The molecular weight excluding hydrogens is 375 g/mol. The van der Waals surface area contributed by atoms with E-state index in [1.165, 1.54) is 11.3 Å². The van der Waals surface area contributed by atoms with Crippen molar-refractivity contribution in [2.45, 2.75) is 13.7 Å². The molecule has 3 rings (SSSR count). The lowest BCUT2D eigenvalue weighted by Gasteiger charge is -2.05. The maximum absolute atomic E-state index is 12.1. The van der Waals surface area contributed by atoms with Gasteiger partial charge in [-0.15, -0.1) is 11.3 Å². The molecular formula is C19H20BN4O3S. The number of carbonyl (C=O) groups excluding carboxylic acids is 2. The van der Waals surface area contributed by atoms with E-state index < -0.39 is 0 Å². The van der Waals surface area contributed by atoms with E-state index in [1.807, 2.05) is 50.8 Å². The van der Waals surface area contributed by atoms with Gasteiger partial charge in [-0.25, -0.2) is 4.98 Å². The van der Waals surface area contributed by atoms with Crippen molar-refractivity contribution in [3.05, 3.63) is 53.7 Å². The predicted molar refractivity (Wildman–Crippen MR) is 111 cm³/mol. The van der Waals surface area contributed by atoms with Crippen molar-refractivity contribution in [2.75, 3.05) is 18.5 Å². The van der Waals surface area contributed by atoms with Crippen LogP contribution in [0.5, 0.6) is 5.75 Å². The summed E-state index contributed by atoms with van der Waals surface area (Å²) in [5, 5.41) is 7.64. The van der Waals surface area contributed by atoms with Crippen LogP contribution >= 0.6 is 11.3 Å². The van der Waals surface area contributed by atoms with Gasteiger partial charge in [0.1, 0.15) is 5.75 Å². The van der Waals surface area contributed by atoms with Crippen molar-refractivity contribution in [2.24, 2.45) is 0 Å². The molecule has 3 aromatic rings. The highest BCUT2D eigenvalue weighted by molar-refractivity contribution is 7.14. The second kappa shape index (κ2) is 9.23. The lowest BCUT2D eigenvalue weighted by Crippen LogP contribution is -2.32. The smallest absolute Gasteiger partial charge is 0.253 e. The van der Waals surface area contributed by atoms with Crippen LogP contribution in [-0.4, -0.2) is 41.8 Å². The Morgan fingerprint density at radius 3 is 2.93 bits per heavy atom. The summed E-state index contributed by atoms with van der Waals surface area (Å²) in [5.41, 5.74) is 2.16. The Kier molecular flexibility index (Phi) is 6.49. The molecule has 1 radical (unpaired) electrons. The van der Waals surface area contributed by atoms with E-state index in [2.05, 4.69) is 15.6 Å². The molecule has 2 heterocycles. The second-order valence-electron chi connectivity index (χ2n) is 5.84. The molecule has 0 spiro atoms. The number of nitrogens with one attached hydrogen (secondary N) is 2. The molecule has 0 saturated carbocycles. The third-order valence-electron chi connectivity index (χ3n) is 3.88. The zero-order valence-corrected chi connectivity index (χ0v) is 16.5. The second-order valence-corrected chi connectivity index (χ2v) is 6.69. The summed E-state index contributed by atoms with van der Waals surface area (Å²) < 4.78 is 7.27. The van der Waals surface area contributed by atoms with E-state index in [0.717, 1.165) is 17.0 Å². The lowest BCUT2D eigenvalue weighted by molar-refractivity contribution is -0.115. The summed E-state index contributed by atoms with van der Waals surface area (Å²) in [6.45, 7) is 4.26. The average Bonchev–Trinajstić information content (AvgIpc) is 3.36. The molecule has 0 atom stereocenters. The van der Waals surface area contributed by atoms with E-state index in [9.17, 15) is 9.59 Å². The fraction of sp³-hybridized carbons (Fsp3) is 0.211. The Labute approximate surface area is 168 Å². The number of hydrogen-bond donors (Lipinski definition) is 2. The lowest BCUT2D eigenvalue weighted by atomic mass is 10.0. The summed E-state index contributed by atoms with van der Waals surface area (Å²) in [6.07, 6.45) is 3.46. The van der Waals surface area contributed by atoms with Crippen LogP contribution in [0.15, 0.2) is 48.1 Å². The molecule has 0 fully saturated rings. The van der Waals surface area contributed by atoms with Crippen molar-refractivity contribution in [1.82, 2.24) is 14.8 Å². The number of amides is 2. The van der Waals surface area contributed by atoms with Gasteiger partial charge in [-0.05, 0) is 31.3 Å². The highest BCUT2D eigenvalue weighted by Crippen LogP contribution is 2.27. The Balaban J connectivity index is 1.55. The number of nitrogens with zero attached hydrogens (tertiary/aromatic N) is 2. The van der Waals surface area contributed by atoms with Gasteiger partial charge in [0.25, 0.3) is 5.91 Å². The predicted octanol–water partition coefficient (Wildman–Crippen LogP) is 2.89. The fourth-order valence-corrected chi connectivity index (χ4v) is 3.25. The van der Waals surface area contributed by atoms with Crippen LogP contribution in [0.3, 0.4) is 0 Å². The molecule has 9 heteroatoms. The molecule has 0 aliphatic heterocycles. The molecule has 143 valence electrons. The first-order valence-corrected chi connectivity index (χ1v) is 9.70. The molecule has 7 nitrogen and oxygen atoms in total. The van der Waals surface area contributed by atoms with Crippen molar-refractivity contribution >= 4 is 35.7 Å². The van der Waals surface area contributed by atoms with Gasteiger partial charge in [-0.3, -0.25) is 9.59 Å². The topological polar surface area (TPSA) is 85.3 Å². The standard InChI is InChI=1S/C19H20BN4O3S/c1-3-27-15-6-4-5-13(9-15)16-12-28-19(22-16)23-17(25)10-21-18(26)14-7-8-24(11-14)20-2/h4-9,11-12H,3,10H2,1-2H3,(H,21,26)(H,22,23,25). The van der Waals surface area contributed by atoms with Crippen LogP contribution in [0.2, 0.25) is 6.82 Å². The summed E-state index contributed by atoms with van der Waals surface area (Å²) in [4.78, 5) is 28.6. The number of ether oxygens (including phenoxy) is 1.